The molecule has 1 aromatic carbocycles. The second kappa shape index (κ2) is 12.1. The molecule has 1 aliphatic rings. The Hall–Kier alpha value is -3.53. The van der Waals surface area contributed by atoms with Gasteiger partial charge in [0.1, 0.15) is 5.82 Å². The van der Waals surface area contributed by atoms with Gasteiger partial charge in [-0.15, -0.1) is 11.8 Å². The average molecular weight is 544 g/mol. The van der Waals surface area contributed by atoms with Crippen molar-refractivity contribution in [3.8, 4) is 11.4 Å². The van der Waals surface area contributed by atoms with Crippen molar-refractivity contribution in [3.05, 3.63) is 77.6 Å². The highest BCUT2D eigenvalue weighted by Crippen LogP contribution is 2.25. The Morgan fingerprint density at radius 3 is 2.67 bits per heavy atom. The summed E-state index contributed by atoms with van der Waals surface area (Å²) in [4.78, 5) is 30.4. The normalized spacial score (nSPS) is 17.4. The predicted octanol–water partition coefficient (Wildman–Crippen LogP) is 4.63. The summed E-state index contributed by atoms with van der Waals surface area (Å²) in [5, 5.41) is 13.0. The number of morpholine rings is 1. The molecule has 4 heterocycles. The number of aryl methyl sites for hydroxylation is 1. The zero-order valence-corrected chi connectivity index (χ0v) is 23.2. The van der Waals surface area contributed by atoms with Crippen LogP contribution in [0.3, 0.4) is 0 Å². The highest BCUT2D eigenvalue weighted by Gasteiger charge is 2.23. The molecule has 9 heteroatoms. The van der Waals surface area contributed by atoms with Crippen LogP contribution in [0.4, 0.5) is 5.82 Å². The van der Waals surface area contributed by atoms with E-state index < -0.39 is 0 Å². The molecule has 0 bridgehead atoms. The summed E-state index contributed by atoms with van der Waals surface area (Å²) in [5.41, 5.74) is 4.77. The first kappa shape index (κ1) is 27.1. The fourth-order valence-electron chi connectivity index (χ4n) is 4.73. The van der Waals surface area contributed by atoms with E-state index in [9.17, 15) is 4.79 Å². The van der Waals surface area contributed by atoms with Crippen LogP contribution in [0.2, 0.25) is 0 Å². The number of aromatic nitrogens is 3. The van der Waals surface area contributed by atoms with Crippen molar-refractivity contribution in [2.75, 3.05) is 30.3 Å². The standard InChI is InChI=1S/C30H33N5O3S/c1-19-7-8-22(13-28(19)39-12-11-36)30(37)32-16-24-14-27-23(15-31-24)9-10-26(33-27)25-5-4-6-29(34-25)35-17-20(2)38-21(3)18-35/h4-10,13-15,20-21,36H,11-12,16-18H2,1-3H3,(H,32,37)/t20-,21+. The van der Waals surface area contributed by atoms with Crippen LogP contribution >= 0.6 is 11.8 Å². The van der Waals surface area contributed by atoms with Gasteiger partial charge in [-0.3, -0.25) is 9.78 Å². The first-order valence-corrected chi connectivity index (χ1v) is 14.1. The molecule has 0 saturated carbocycles. The summed E-state index contributed by atoms with van der Waals surface area (Å²) in [6.07, 6.45) is 2.09. The molecule has 4 aromatic rings. The Labute approximate surface area is 232 Å². The van der Waals surface area contributed by atoms with Crippen molar-refractivity contribution in [3.63, 3.8) is 0 Å². The van der Waals surface area contributed by atoms with Crippen LogP contribution in [-0.2, 0) is 11.3 Å². The number of hydrogen-bond donors (Lipinski definition) is 2. The number of nitrogens with one attached hydrogen (secondary N) is 1. The summed E-state index contributed by atoms with van der Waals surface area (Å²) in [7, 11) is 0. The number of hydrogen-bond acceptors (Lipinski definition) is 8. The van der Waals surface area contributed by atoms with Crippen LogP contribution in [0.1, 0.15) is 35.5 Å². The first-order chi connectivity index (χ1) is 18.9. The molecule has 8 nitrogen and oxygen atoms in total. The zero-order valence-electron chi connectivity index (χ0n) is 22.4. The summed E-state index contributed by atoms with van der Waals surface area (Å²) in [5.74, 6) is 1.34. The Morgan fingerprint density at radius 2 is 1.87 bits per heavy atom. The van der Waals surface area contributed by atoms with Crippen molar-refractivity contribution in [1.29, 1.82) is 0 Å². The molecule has 0 spiro atoms. The summed E-state index contributed by atoms with van der Waals surface area (Å²) in [6.45, 7) is 8.16. The Kier molecular flexibility index (Phi) is 8.40. The summed E-state index contributed by atoms with van der Waals surface area (Å²) < 4.78 is 5.87. The van der Waals surface area contributed by atoms with Gasteiger partial charge < -0.3 is 20.1 Å². The topological polar surface area (TPSA) is 100 Å². The molecule has 0 unspecified atom stereocenters. The molecule has 202 valence electrons. The molecule has 2 N–H and O–H groups in total. The third-order valence-corrected chi connectivity index (χ3v) is 7.74. The maximum atomic E-state index is 12.8. The number of rotatable bonds is 8. The average Bonchev–Trinajstić information content (AvgIpc) is 2.94. The van der Waals surface area contributed by atoms with E-state index in [4.69, 9.17) is 19.8 Å². The maximum Gasteiger partial charge on any atom is 0.251 e. The van der Waals surface area contributed by atoms with Gasteiger partial charge in [0.05, 0.1) is 48.0 Å². The Morgan fingerprint density at radius 1 is 1.08 bits per heavy atom. The first-order valence-electron chi connectivity index (χ1n) is 13.2. The molecule has 1 saturated heterocycles. The monoisotopic (exact) mass is 543 g/mol. The number of benzene rings is 1. The molecule has 0 radical (unpaired) electrons. The lowest BCUT2D eigenvalue weighted by Crippen LogP contribution is -2.45. The molecule has 1 aliphatic heterocycles. The number of nitrogens with zero attached hydrogens (tertiary/aromatic N) is 4. The van der Waals surface area contributed by atoms with Gasteiger partial charge in [-0.05, 0) is 68.8 Å². The summed E-state index contributed by atoms with van der Waals surface area (Å²) >= 11 is 1.54. The van der Waals surface area contributed by atoms with E-state index in [1.807, 2.05) is 61.5 Å². The number of thioether (sulfide) groups is 1. The minimum atomic E-state index is -0.169. The van der Waals surface area contributed by atoms with Gasteiger partial charge in [0.2, 0.25) is 0 Å². The van der Waals surface area contributed by atoms with E-state index in [2.05, 4.69) is 29.0 Å². The number of carbonyl (C=O) groups excluding carboxylic acids is 1. The smallest absolute Gasteiger partial charge is 0.251 e. The zero-order chi connectivity index (χ0) is 27.4. The third kappa shape index (κ3) is 6.55. The van der Waals surface area contributed by atoms with Crippen LogP contribution in [0, 0.1) is 6.92 Å². The predicted molar refractivity (Wildman–Crippen MR) is 155 cm³/mol. The van der Waals surface area contributed by atoms with Gasteiger partial charge in [0, 0.05) is 40.9 Å². The van der Waals surface area contributed by atoms with Gasteiger partial charge >= 0.3 is 0 Å². The maximum absolute atomic E-state index is 12.8. The number of fused-ring (bicyclic) bond motifs is 1. The molecule has 1 amide bonds. The van der Waals surface area contributed by atoms with Gasteiger partial charge in [-0.1, -0.05) is 12.1 Å². The van der Waals surface area contributed by atoms with Crippen LogP contribution in [0.5, 0.6) is 0 Å². The van der Waals surface area contributed by atoms with Crippen molar-refractivity contribution < 1.29 is 14.6 Å². The number of carbonyl (C=O) groups is 1. The lowest BCUT2D eigenvalue weighted by atomic mass is 10.1. The van der Waals surface area contributed by atoms with E-state index in [0.717, 1.165) is 57.4 Å². The van der Waals surface area contributed by atoms with Crippen LogP contribution in [0.15, 0.2) is 65.7 Å². The lowest BCUT2D eigenvalue weighted by molar-refractivity contribution is -0.00545. The second-order valence-corrected chi connectivity index (χ2v) is 11.0. The van der Waals surface area contributed by atoms with Crippen LogP contribution < -0.4 is 10.2 Å². The molecule has 2 atom stereocenters. The SMILES string of the molecule is Cc1ccc(C(=O)NCc2cc3nc(-c4cccc(N5C[C@@H](C)O[C@@H](C)C5)n4)ccc3cn2)cc1SCCO. The van der Waals surface area contributed by atoms with Gasteiger partial charge in [-0.25, -0.2) is 9.97 Å². The lowest BCUT2D eigenvalue weighted by Gasteiger charge is -2.36. The number of ether oxygens (including phenoxy) is 1. The Bertz CT molecular complexity index is 1470. The molecule has 39 heavy (non-hydrogen) atoms. The van der Waals surface area contributed by atoms with E-state index in [1.54, 1.807) is 6.20 Å². The molecular weight excluding hydrogens is 510 g/mol. The van der Waals surface area contributed by atoms with Gasteiger partial charge in [0.25, 0.3) is 5.91 Å². The molecule has 5 rings (SSSR count). The number of anilines is 1. The number of amides is 1. The molecule has 3 aromatic heterocycles. The second-order valence-electron chi connectivity index (χ2n) is 9.84. The minimum Gasteiger partial charge on any atom is -0.396 e. The number of pyridine rings is 3. The van der Waals surface area contributed by atoms with Crippen LogP contribution in [-0.4, -0.2) is 63.6 Å². The highest BCUT2D eigenvalue weighted by molar-refractivity contribution is 7.99. The van der Waals surface area contributed by atoms with E-state index in [0.29, 0.717) is 11.3 Å². The van der Waals surface area contributed by atoms with Gasteiger partial charge in [-0.2, -0.15) is 0 Å². The minimum absolute atomic E-state index is 0.0951. The number of aliphatic hydroxyl groups excluding tert-OH is 1. The third-order valence-electron chi connectivity index (χ3n) is 6.60. The number of aliphatic hydroxyl groups is 1. The summed E-state index contributed by atoms with van der Waals surface area (Å²) in [6, 6.07) is 17.5. The van der Waals surface area contributed by atoms with Crippen LogP contribution in [0.25, 0.3) is 22.3 Å². The van der Waals surface area contributed by atoms with E-state index in [1.165, 1.54) is 11.8 Å². The largest absolute Gasteiger partial charge is 0.396 e. The molecular formula is C30H33N5O3S. The van der Waals surface area contributed by atoms with E-state index in [-0.39, 0.29) is 31.3 Å². The van der Waals surface area contributed by atoms with Gasteiger partial charge in [0.15, 0.2) is 0 Å². The van der Waals surface area contributed by atoms with Crippen molar-refractivity contribution in [2.24, 2.45) is 0 Å². The van der Waals surface area contributed by atoms with E-state index >= 15 is 0 Å². The Balaban J connectivity index is 1.31. The molecule has 0 aliphatic carbocycles. The fourth-order valence-corrected chi connectivity index (χ4v) is 5.55. The highest BCUT2D eigenvalue weighted by atomic mass is 32.2. The fraction of sp³-hybridized carbons (Fsp3) is 0.333. The molecule has 1 fully saturated rings. The van der Waals surface area contributed by atoms with Crippen molar-refractivity contribution in [2.45, 2.75) is 44.4 Å². The quantitative estimate of drug-likeness (QED) is 0.311. The van der Waals surface area contributed by atoms with Crippen molar-refractivity contribution >= 4 is 34.4 Å². The van der Waals surface area contributed by atoms with Crippen molar-refractivity contribution in [1.82, 2.24) is 20.3 Å².